The van der Waals surface area contributed by atoms with E-state index in [-0.39, 0.29) is 0 Å². The number of halogens is 1. The molecule has 0 atom stereocenters. The van der Waals surface area contributed by atoms with Crippen molar-refractivity contribution in [1.82, 2.24) is 4.98 Å². The second-order valence-electron chi connectivity index (χ2n) is 2.21. The Hall–Kier alpha value is -0.740. The van der Waals surface area contributed by atoms with E-state index in [1.807, 2.05) is 12.1 Å². The van der Waals surface area contributed by atoms with Crippen LogP contribution in [0.3, 0.4) is 0 Å². The van der Waals surface area contributed by atoms with E-state index >= 15 is 0 Å². The zero-order valence-electron chi connectivity index (χ0n) is 7.66. The number of alkyl halides is 1. The first-order valence-electron chi connectivity index (χ1n) is 3.65. The van der Waals surface area contributed by atoms with Gasteiger partial charge in [0.15, 0.2) is 6.29 Å². The number of ether oxygens (including phenoxy) is 1. The van der Waals surface area contributed by atoms with E-state index < -0.39 is 0 Å². The molecule has 13 heavy (non-hydrogen) atoms. The Kier molecular flexibility index (Phi) is 7.44. The molecule has 0 saturated carbocycles. The van der Waals surface area contributed by atoms with Crippen LogP contribution in [0, 0.1) is 0 Å². The predicted octanol–water partition coefficient (Wildman–Crippen LogP) is 2.05. The van der Waals surface area contributed by atoms with Crippen molar-refractivity contribution >= 4 is 22.2 Å². The molecule has 0 aromatic carbocycles. The number of methoxy groups -OCH3 is 1. The smallest absolute Gasteiger partial charge is 0.168 e. The lowest BCUT2D eigenvalue weighted by atomic mass is 10.3. The highest BCUT2D eigenvalue weighted by Gasteiger charge is 1.92. The van der Waals surface area contributed by atoms with Crippen LogP contribution in [0.1, 0.15) is 16.2 Å². The number of carbonyl (C=O) groups excluding carboxylic acids is 1. The number of aromatic nitrogens is 1. The molecular weight excluding hydrogens is 234 g/mol. The van der Waals surface area contributed by atoms with Gasteiger partial charge in [-0.25, -0.2) is 4.98 Å². The maximum atomic E-state index is 10.2. The van der Waals surface area contributed by atoms with Crippen LogP contribution >= 0.6 is 15.9 Å². The maximum absolute atomic E-state index is 10.2. The molecule has 1 rings (SSSR count). The van der Waals surface area contributed by atoms with Crippen molar-refractivity contribution in [2.45, 2.75) is 5.33 Å². The molecule has 0 aliphatic carbocycles. The van der Waals surface area contributed by atoms with Gasteiger partial charge in [0.1, 0.15) is 5.69 Å². The minimum absolute atomic E-state index is 0.483. The summed E-state index contributed by atoms with van der Waals surface area (Å²) in [6, 6.07) is 5.36. The average Bonchev–Trinajstić information content (AvgIpc) is 2.19. The molecule has 0 spiro atoms. The number of nitrogens with zero attached hydrogens (tertiary/aromatic N) is 1. The van der Waals surface area contributed by atoms with Crippen LogP contribution in [0.5, 0.6) is 0 Å². The molecule has 0 amide bonds. The number of pyridine rings is 1. The van der Waals surface area contributed by atoms with Crippen molar-refractivity contribution in [1.29, 1.82) is 0 Å². The fourth-order valence-electron chi connectivity index (χ4n) is 0.638. The monoisotopic (exact) mass is 245 g/mol. The van der Waals surface area contributed by atoms with Gasteiger partial charge in [-0.05, 0) is 12.1 Å². The first-order chi connectivity index (χ1) is 6.28. The summed E-state index contributed by atoms with van der Waals surface area (Å²) in [5.41, 5.74) is 1.36. The lowest BCUT2D eigenvalue weighted by Crippen LogP contribution is -1.89. The highest BCUT2D eigenvalue weighted by molar-refractivity contribution is 9.08. The molecule has 0 fully saturated rings. The van der Waals surface area contributed by atoms with E-state index in [1.165, 1.54) is 0 Å². The molecule has 1 heterocycles. The van der Waals surface area contributed by atoms with Crippen LogP contribution in [0.4, 0.5) is 0 Å². The molecule has 0 bridgehead atoms. The third kappa shape index (κ3) is 5.49. The highest BCUT2D eigenvalue weighted by atomic mass is 79.9. The molecule has 0 aliphatic rings. The van der Waals surface area contributed by atoms with Crippen molar-refractivity contribution in [3.8, 4) is 0 Å². The van der Waals surface area contributed by atoms with Crippen LogP contribution in [0.15, 0.2) is 18.2 Å². The molecule has 4 heteroatoms. The summed E-state index contributed by atoms with van der Waals surface area (Å²) in [6.45, 7) is 0. The van der Waals surface area contributed by atoms with Crippen molar-refractivity contribution in [3.63, 3.8) is 0 Å². The van der Waals surface area contributed by atoms with Gasteiger partial charge >= 0.3 is 0 Å². The highest BCUT2D eigenvalue weighted by Crippen LogP contribution is 2.01. The first-order valence-corrected chi connectivity index (χ1v) is 4.77. The predicted molar refractivity (Wildman–Crippen MR) is 55.2 cm³/mol. The van der Waals surface area contributed by atoms with Crippen LogP contribution in [-0.4, -0.2) is 25.5 Å². The van der Waals surface area contributed by atoms with Gasteiger partial charge in [0.2, 0.25) is 0 Å². The summed E-state index contributed by atoms with van der Waals surface area (Å²) in [6.07, 6.45) is 0.742. The maximum Gasteiger partial charge on any atom is 0.168 e. The van der Waals surface area contributed by atoms with E-state index in [2.05, 4.69) is 25.7 Å². The average molecular weight is 246 g/mol. The second-order valence-corrected chi connectivity index (χ2v) is 2.77. The molecular formula is C9H12BrNO2. The second kappa shape index (κ2) is 7.89. The zero-order chi connectivity index (χ0) is 10.1. The summed E-state index contributed by atoms with van der Waals surface area (Å²) in [4.78, 5) is 14.2. The third-order valence-electron chi connectivity index (χ3n) is 1.09. The van der Waals surface area contributed by atoms with Crippen molar-refractivity contribution in [3.05, 3.63) is 29.6 Å². The minimum Gasteiger partial charge on any atom is -0.388 e. The van der Waals surface area contributed by atoms with E-state index in [1.54, 1.807) is 20.3 Å². The Balaban J connectivity index is 0.000000424. The van der Waals surface area contributed by atoms with E-state index in [4.69, 9.17) is 0 Å². The van der Waals surface area contributed by atoms with Crippen molar-refractivity contribution in [2.75, 3.05) is 14.2 Å². The summed E-state index contributed by atoms with van der Waals surface area (Å²) in [7, 11) is 3.25. The molecule has 3 nitrogen and oxygen atoms in total. The zero-order valence-corrected chi connectivity index (χ0v) is 9.24. The van der Waals surface area contributed by atoms with Gasteiger partial charge in [0, 0.05) is 19.5 Å². The fraction of sp³-hybridized carbons (Fsp3) is 0.333. The van der Waals surface area contributed by atoms with E-state index in [0.29, 0.717) is 11.0 Å². The molecule has 0 aliphatic heterocycles. The Morgan fingerprint density at radius 2 is 2.15 bits per heavy atom. The summed E-state index contributed by atoms with van der Waals surface area (Å²) in [5.74, 6) is 0. The molecule has 0 saturated heterocycles. The SMILES string of the molecule is COC.O=Cc1cccc(CBr)n1. The van der Waals surface area contributed by atoms with Gasteiger partial charge < -0.3 is 4.74 Å². The molecule has 1 aromatic rings. The van der Waals surface area contributed by atoms with Gasteiger partial charge in [-0.1, -0.05) is 22.0 Å². The third-order valence-corrected chi connectivity index (χ3v) is 1.66. The van der Waals surface area contributed by atoms with Gasteiger partial charge in [0.05, 0.1) is 5.69 Å². The normalized spacial score (nSPS) is 8.54. The Labute approximate surface area is 86.3 Å². The van der Waals surface area contributed by atoms with Crippen LogP contribution in [0.25, 0.3) is 0 Å². The van der Waals surface area contributed by atoms with E-state index in [0.717, 1.165) is 12.0 Å². The Morgan fingerprint density at radius 1 is 1.54 bits per heavy atom. The first kappa shape index (κ1) is 12.3. The molecule has 0 N–H and O–H groups in total. The van der Waals surface area contributed by atoms with Crippen LogP contribution in [0.2, 0.25) is 0 Å². The number of aldehydes is 1. The lowest BCUT2D eigenvalue weighted by Gasteiger charge is -1.92. The van der Waals surface area contributed by atoms with Crippen molar-refractivity contribution < 1.29 is 9.53 Å². The number of rotatable bonds is 2. The van der Waals surface area contributed by atoms with Gasteiger partial charge in [0.25, 0.3) is 0 Å². The summed E-state index contributed by atoms with van der Waals surface area (Å²) < 4.78 is 4.25. The molecule has 1 aromatic heterocycles. The number of hydrogen-bond donors (Lipinski definition) is 0. The fourth-order valence-corrected chi connectivity index (χ4v) is 0.950. The summed E-state index contributed by atoms with van der Waals surface area (Å²) in [5, 5.41) is 0.689. The topological polar surface area (TPSA) is 39.2 Å². The largest absolute Gasteiger partial charge is 0.388 e. The van der Waals surface area contributed by atoms with E-state index in [9.17, 15) is 4.79 Å². The standard InChI is InChI=1S/C7H6BrNO.C2H6O/c8-4-6-2-1-3-7(5-10)9-6;1-3-2/h1-3,5H,4H2;1-2H3. The van der Waals surface area contributed by atoms with Crippen molar-refractivity contribution in [2.24, 2.45) is 0 Å². The van der Waals surface area contributed by atoms with Gasteiger partial charge in [-0.2, -0.15) is 0 Å². The van der Waals surface area contributed by atoms with Gasteiger partial charge in [-0.15, -0.1) is 0 Å². The minimum atomic E-state index is 0.483. The van der Waals surface area contributed by atoms with Crippen LogP contribution in [-0.2, 0) is 10.1 Å². The number of hydrogen-bond acceptors (Lipinski definition) is 3. The van der Waals surface area contributed by atoms with Gasteiger partial charge in [-0.3, -0.25) is 4.79 Å². The molecule has 72 valence electrons. The summed E-state index contributed by atoms with van der Waals surface area (Å²) >= 11 is 3.24. The molecule has 0 radical (unpaired) electrons. The Morgan fingerprint density at radius 3 is 2.62 bits per heavy atom. The number of carbonyl (C=O) groups is 1. The van der Waals surface area contributed by atoms with Crippen LogP contribution < -0.4 is 0 Å². The quantitative estimate of drug-likeness (QED) is 0.592. The molecule has 0 unspecified atom stereocenters. The lowest BCUT2D eigenvalue weighted by molar-refractivity contribution is 0.111. The Bertz CT molecular complexity index is 253.